The standard InChI is InChI=1S/C15H18N2O2S/c1-10-17-12-7-11(16-8-14(12)20-10)13-9-18-15(19-13)5-3-2-4-6-15/h7-8,13H,2-6,9H2,1H3. The van der Waals surface area contributed by atoms with Crippen LogP contribution in [-0.2, 0) is 9.47 Å². The van der Waals surface area contributed by atoms with E-state index in [1.54, 1.807) is 11.3 Å². The number of hydrogen-bond donors (Lipinski definition) is 0. The second-order valence-electron chi connectivity index (χ2n) is 5.70. The van der Waals surface area contributed by atoms with Gasteiger partial charge in [0.05, 0.1) is 27.5 Å². The van der Waals surface area contributed by atoms with Crippen molar-refractivity contribution in [2.75, 3.05) is 6.61 Å². The van der Waals surface area contributed by atoms with Gasteiger partial charge in [0.25, 0.3) is 0 Å². The Hall–Kier alpha value is -1.04. The van der Waals surface area contributed by atoms with Crippen molar-refractivity contribution in [2.24, 2.45) is 0 Å². The largest absolute Gasteiger partial charge is 0.347 e. The Balaban J connectivity index is 1.60. The third kappa shape index (κ3) is 2.14. The summed E-state index contributed by atoms with van der Waals surface area (Å²) in [5.41, 5.74) is 1.97. The van der Waals surface area contributed by atoms with Crippen LogP contribution in [0.1, 0.15) is 48.9 Å². The van der Waals surface area contributed by atoms with Crippen LogP contribution in [0.2, 0.25) is 0 Å². The summed E-state index contributed by atoms with van der Waals surface area (Å²) < 4.78 is 13.3. The first-order valence-electron chi connectivity index (χ1n) is 7.29. The second-order valence-corrected chi connectivity index (χ2v) is 6.93. The summed E-state index contributed by atoms with van der Waals surface area (Å²) in [5.74, 6) is -0.336. The van der Waals surface area contributed by atoms with Gasteiger partial charge in [0.1, 0.15) is 6.10 Å². The zero-order valence-electron chi connectivity index (χ0n) is 11.6. The van der Waals surface area contributed by atoms with Gasteiger partial charge in [0.2, 0.25) is 0 Å². The van der Waals surface area contributed by atoms with Crippen LogP contribution >= 0.6 is 11.3 Å². The predicted octanol–water partition coefficient (Wildman–Crippen LogP) is 3.75. The molecule has 2 aromatic heterocycles. The summed E-state index contributed by atoms with van der Waals surface area (Å²) >= 11 is 1.68. The molecule has 0 bridgehead atoms. The number of nitrogens with zero attached hydrogens (tertiary/aromatic N) is 2. The molecule has 3 heterocycles. The fourth-order valence-electron chi connectivity index (χ4n) is 3.19. The molecule has 0 radical (unpaired) electrons. The fourth-order valence-corrected chi connectivity index (χ4v) is 3.97. The molecule has 106 valence electrons. The quantitative estimate of drug-likeness (QED) is 0.802. The van der Waals surface area contributed by atoms with Crippen molar-refractivity contribution < 1.29 is 9.47 Å². The SMILES string of the molecule is Cc1nc2cc(C3COC4(CCCCC4)O3)ncc2s1. The molecule has 1 saturated carbocycles. The van der Waals surface area contributed by atoms with Gasteiger partial charge in [0.15, 0.2) is 5.79 Å². The van der Waals surface area contributed by atoms with Gasteiger partial charge in [0, 0.05) is 19.0 Å². The molecule has 2 fully saturated rings. The van der Waals surface area contributed by atoms with Crippen LogP contribution in [0.15, 0.2) is 12.3 Å². The molecule has 2 aromatic rings. The lowest BCUT2D eigenvalue weighted by Crippen LogP contribution is -2.32. The minimum Gasteiger partial charge on any atom is -0.347 e. The molecule has 2 aliphatic rings. The molecule has 4 rings (SSSR count). The second kappa shape index (κ2) is 4.76. The van der Waals surface area contributed by atoms with E-state index in [-0.39, 0.29) is 11.9 Å². The van der Waals surface area contributed by atoms with Crippen LogP contribution < -0.4 is 0 Å². The Morgan fingerprint density at radius 2 is 2.15 bits per heavy atom. The number of pyridine rings is 1. The topological polar surface area (TPSA) is 44.2 Å². The number of hydrogen-bond acceptors (Lipinski definition) is 5. The fraction of sp³-hybridized carbons (Fsp3) is 0.600. The van der Waals surface area contributed by atoms with Gasteiger partial charge in [-0.1, -0.05) is 6.42 Å². The molecule has 1 aliphatic carbocycles. The zero-order valence-corrected chi connectivity index (χ0v) is 12.4. The van der Waals surface area contributed by atoms with Crippen molar-refractivity contribution in [1.29, 1.82) is 0 Å². The van der Waals surface area contributed by atoms with E-state index in [2.05, 4.69) is 16.0 Å². The van der Waals surface area contributed by atoms with Gasteiger partial charge >= 0.3 is 0 Å². The Morgan fingerprint density at radius 1 is 1.30 bits per heavy atom. The van der Waals surface area contributed by atoms with Crippen molar-refractivity contribution in [2.45, 2.75) is 50.9 Å². The number of thiazole rings is 1. The average Bonchev–Trinajstić information content (AvgIpc) is 3.02. The van der Waals surface area contributed by atoms with Crippen LogP contribution in [0.4, 0.5) is 0 Å². The van der Waals surface area contributed by atoms with Crippen LogP contribution in [0, 0.1) is 6.92 Å². The van der Waals surface area contributed by atoms with E-state index in [4.69, 9.17) is 9.47 Å². The Morgan fingerprint density at radius 3 is 3.00 bits per heavy atom. The lowest BCUT2D eigenvalue weighted by molar-refractivity contribution is -0.188. The molecular weight excluding hydrogens is 272 g/mol. The highest BCUT2D eigenvalue weighted by Gasteiger charge is 2.43. The highest BCUT2D eigenvalue weighted by molar-refractivity contribution is 7.18. The number of aromatic nitrogens is 2. The monoisotopic (exact) mass is 290 g/mol. The van der Waals surface area contributed by atoms with E-state index in [0.29, 0.717) is 6.61 Å². The average molecular weight is 290 g/mol. The smallest absolute Gasteiger partial charge is 0.169 e. The van der Waals surface area contributed by atoms with Crippen LogP contribution in [-0.4, -0.2) is 22.4 Å². The van der Waals surface area contributed by atoms with Crippen LogP contribution in [0.3, 0.4) is 0 Å². The first-order chi connectivity index (χ1) is 9.74. The van der Waals surface area contributed by atoms with Crippen LogP contribution in [0.25, 0.3) is 10.2 Å². The first-order valence-corrected chi connectivity index (χ1v) is 8.11. The van der Waals surface area contributed by atoms with Gasteiger partial charge in [-0.25, -0.2) is 4.98 Å². The molecular formula is C15H18N2O2S. The third-order valence-electron chi connectivity index (χ3n) is 4.20. The maximum absolute atomic E-state index is 6.22. The lowest BCUT2D eigenvalue weighted by Gasteiger charge is -2.31. The van der Waals surface area contributed by atoms with Crippen molar-refractivity contribution in [3.05, 3.63) is 23.0 Å². The lowest BCUT2D eigenvalue weighted by atomic mass is 9.94. The van der Waals surface area contributed by atoms with E-state index in [1.165, 1.54) is 19.3 Å². The van der Waals surface area contributed by atoms with Crippen LogP contribution in [0.5, 0.6) is 0 Å². The van der Waals surface area contributed by atoms with E-state index >= 15 is 0 Å². The van der Waals surface area contributed by atoms with Gasteiger partial charge in [-0.3, -0.25) is 4.98 Å². The molecule has 1 spiro atoms. The summed E-state index contributed by atoms with van der Waals surface area (Å²) in [6.45, 7) is 2.64. The van der Waals surface area contributed by atoms with Gasteiger partial charge < -0.3 is 9.47 Å². The summed E-state index contributed by atoms with van der Waals surface area (Å²) in [6.07, 6.45) is 7.59. The molecule has 1 saturated heterocycles. The molecule has 1 aliphatic heterocycles. The molecule has 0 N–H and O–H groups in total. The summed E-state index contributed by atoms with van der Waals surface area (Å²) in [6, 6.07) is 2.05. The minimum atomic E-state index is -0.336. The zero-order chi connectivity index (χ0) is 13.6. The maximum atomic E-state index is 6.22. The molecule has 4 nitrogen and oxygen atoms in total. The highest BCUT2D eigenvalue weighted by atomic mass is 32.1. The number of fused-ring (bicyclic) bond motifs is 1. The normalized spacial score (nSPS) is 25.6. The van der Waals surface area contributed by atoms with Crippen molar-refractivity contribution in [3.8, 4) is 0 Å². The van der Waals surface area contributed by atoms with E-state index in [0.717, 1.165) is 33.8 Å². The number of rotatable bonds is 1. The van der Waals surface area contributed by atoms with E-state index in [9.17, 15) is 0 Å². The molecule has 5 heteroatoms. The summed E-state index contributed by atoms with van der Waals surface area (Å²) in [5, 5.41) is 1.08. The number of aryl methyl sites for hydroxylation is 1. The third-order valence-corrected chi connectivity index (χ3v) is 5.12. The van der Waals surface area contributed by atoms with Crippen molar-refractivity contribution in [1.82, 2.24) is 9.97 Å². The minimum absolute atomic E-state index is 0.0421. The van der Waals surface area contributed by atoms with Gasteiger partial charge in [-0.05, 0) is 25.8 Å². The van der Waals surface area contributed by atoms with Gasteiger partial charge in [-0.15, -0.1) is 11.3 Å². The molecule has 20 heavy (non-hydrogen) atoms. The Kier molecular flexibility index (Phi) is 3.02. The van der Waals surface area contributed by atoms with Gasteiger partial charge in [-0.2, -0.15) is 0 Å². The Labute approximate surface area is 122 Å². The highest BCUT2D eigenvalue weighted by Crippen LogP contribution is 2.42. The number of ether oxygens (including phenoxy) is 2. The first kappa shape index (κ1) is 12.7. The molecule has 0 amide bonds. The predicted molar refractivity (Wildman–Crippen MR) is 77.7 cm³/mol. The molecule has 1 unspecified atom stereocenters. The summed E-state index contributed by atoms with van der Waals surface area (Å²) in [7, 11) is 0. The maximum Gasteiger partial charge on any atom is 0.169 e. The van der Waals surface area contributed by atoms with Crippen molar-refractivity contribution in [3.63, 3.8) is 0 Å². The van der Waals surface area contributed by atoms with Crippen molar-refractivity contribution >= 4 is 21.6 Å². The van der Waals surface area contributed by atoms with E-state index < -0.39 is 0 Å². The Bertz CT molecular complexity index is 634. The molecule has 1 atom stereocenters. The van der Waals surface area contributed by atoms with E-state index in [1.807, 2.05) is 13.1 Å². The molecule has 0 aromatic carbocycles. The summed E-state index contributed by atoms with van der Waals surface area (Å²) in [4.78, 5) is 9.08.